The Morgan fingerprint density at radius 1 is 1.60 bits per heavy atom. The molecule has 0 aliphatic rings. The molecular weight excluding hydrogens is 216 g/mol. The average molecular weight is 229 g/mol. The fraction of sp³-hybridized carbons (Fsp3) is 0.333. The standard InChI is InChI=1S/C9H13ClN4O/c10-7-4-6(11)5-14-9(7)13-3-1-2-8(12)15/h4-5H,1-3,11H2,(H2,12,15)(H,13,14). The molecule has 0 radical (unpaired) electrons. The molecule has 0 fully saturated rings. The Kier molecular flexibility index (Phi) is 4.17. The Hall–Kier alpha value is -1.49. The second-order valence-electron chi connectivity index (χ2n) is 3.10. The molecule has 1 amide bonds. The number of anilines is 2. The summed E-state index contributed by atoms with van der Waals surface area (Å²) in [6.07, 6.45) is 2.51. The molecule has 0 saturated carbocycles. The smallest absolute Gasteiger partial charge is 0.217 e. The third-order valence-electron chi connectivity index (χ3n) is 1.75. The third kappa shape index (κ3) is 4.03. The van der Waals surface area contributed by atoms with Crippen molar-refractivity contribution < 1.29 is 4.79 Å². The zero-order chi connectivity index (χ0) is 11.3. The second-order valence-corrected chi connectivity index (χ2v) is 3.50. The van der Waals surface area contributed by atoms with E-state index in [0.29, 0.717) is 35.9 Å². The molecule has 0 aliphatic heterocycles. The van der Waals surface area contributed by atoms with Crippen molar-refractivity contribution in [3.05, 3.63) is 17.3 Å². The van der Waals surface area contributed by atoms with Gasteiger partial charge >= 0.3 is 0 Å². The number of carbonyl (C=O) groups excluding carboxylic acids is 1. The number of nitrogens with one attached hydrogen (secondary N) is 1. The minimum atomic E-state index is -0.312. The fourth-order valence-corrected chi connectivity index (χ4v) is 1.29. The van der Waals surface area contributed by atoms with Gasteiger partial charge < -0.3 is 16.8 Å². The topological polar surface area (TPSA) is 94.0 Å². The van der Waals surface area contributed by atoms with Crippen LogP contribution < -0.4 is 16.8 Å². The normalized spacial score (nSPS) is 9.93. The quantitative estimate of drug-likeness (QED) is 0.656. The summed E-state index contributed by atoms with van der Waals surface area (Å²) in [5.74, 6) is 0.253. The van der Waals surface area contributed by atoms with E-state index in [1.165, 1.54) is 6.20 Å². The maximum atomic E-state index is 10.5. The van der Waals surface area contributed by atoms with E-state index in [2.05, 4.69) is 10.3 Å². The molecule has 0 aliphatic carbocycles. The number of aromatic nitrogens is 1. The van der Waals surface area contributed by atoms with E-state index in [1.807, 2.05) is 0 Å². The van der Waals surface area contributed by atoms with E-state index in [9.17, 15) is 4.79 Å². The lowest BCUT2D eigenvalue weighted by molar-refractivity contribution is -0.118. The molecule has 5 nitrogen and oxygen atoms in total. The SMILES string of the molecule is NC(=O)CCCNc1ncc(N)cc1Cl. The lowest BCUT2D eigenvalue weighted by Gasteiger charge is -2.06. The Labute approximate surface area is 92.8 Å². The summed E-state index contributed by atoms with van der Waals surface area (Å²) in [6, 6.07) is 1.62. The zero-order valence-electron chi connectivity index (χ0n) is 8.16. The molecule has 6 heteroatoms. The van der Waals surface area contributed by atoms with E-state index in [1.54, 1.807) is 6.07 Å². The molecule has 15 heavy (non-hydrogen) atoms. The third-order valence-corrected chi connectivity index (χ3v) is 2.04. The Balaban J connectivity index is 2.40. The zero-order valence-corrected chi connectivity index (χ0v) is 8.92. The van der Waals surface area contributed by atoms with Gasteiger partial charge in [-0.25, -0.2) is 4.98 Å². The number of nitrogens with zero attached hydrogens (tertiary/aromatic N) is 1. The molecule has 0 spiro atoms. The minimum absolute atomic E-state index is 0.312. The van der Waals surface area contributed by atoms with Crippen LogP contribution in [0.5, 0.6) is 0 Å². The molecule has 1 aromatic rings. The van der Waals surface area contributed by atoms with Crippen molar-refractivity contribution in [2.45, 2.75) is 12.8 Å². The summed E-state index contributed by atoms with van der Waals surface area (Å²) >= 11 is 5.87. The number of nitrogens with two attached hydrogens (primary N) is 2. The number of hydrogen-bond donors (Lipinski definition) is 3. The molecule has 1 heterocycles. The number of carbonyl (C=O) groups is 1. The van der Waals surface area contributed by atoms with Crippen LogP contribution in [0.3, 0.4) is 0 Å². The molecule has 0 unspecified atom stereocenters. The first kappa shape index (κ1) is 11.6. The number of rotatable bonds is 5. The van der Waals surface area contributed by atoms with Gasteiger partial charge in [0.05, 0.1) is 16.9 Å². The molecule has 0 bridgehead atoms. The van der Waals surface area contributed by atoms with Gasteiger partial charge in [-0.3, -0.25) is 4.79 Å². The summed E-state index contributed by atoms with van der Waals surface area (Å²) in [4.78, 5) is 14.5. The average Bonchev–Trinajstić information content (AvgIpc) is 2.14. The van der Waals surface area contributed by atoms with Crippen LogP contribution in [0.4, 0.5) is 11.5 Å². The highest BCUT2D eigenvalue weighted by molar-refractivity contribution is 6.33. The van der Waals surface area contributed by atoms with Crippen LogP contribution in [0.25, 0.3) is 0 Å². The van der Waals surface area contributed by atoms with Crippen LogP contribution in [-0.4, -0.2) is 17.4 Å². The van der Waals surface area contributed by atoms with Gasteiger partial charge in [-0.15, -0.1) is 0 Å². The predicted octanol–water partition coefficient (Wildman–Crippen LogP) is 0.995. The highest BCUT2D eigenvalue weighted by atomic mass is 35.5. The van der Waals surface area contributed by atoms with Crippen molar-refractivity contribution in [1.29, 1.82) is 0 Å². The first-order chi connectivity index (χ1) is 7.09. The van der Waals surface area contributed by atoms with E-state index in [4.69, 9.17) is 23.1 Å². The number of hydrogen-bond acceptors (Lipinski definition) is 4. The molecule has 0 atom stereocenters. The molecule has 0 saturated heterocycles. The van der Waals surface area contributed by atoms with Crippen molar-refractivity contribution in [2.24, 2.45) is 5.73 Å². The maximum absolute atomic E-state index is 10.5. The van der Waals surface area contributed by atoms with Gasteiger partial charge in [-0.2, -0.15) is 0 Å². The van der Waals surface area contributed by atoms with Crippen molar-refractivity contribution in [3.63, 3.8) is 0 Å². The highest BCUT2D eigenvalue weighted by Crippen LogP contribution is 2.20. The fourth-order valence-electron chi connectivity index (χ4n) is 1.05. The number of nitrogen functional groups attached to an aromatic ring is 1. The molecular formula is C9H13ClN4O. The number of halogens is 1. The van der Waals surface area contributed by atoms with Crippen molar-refractivity contribution in [2.75, 3.05) is 17.6 Å². The van der Waals surface area contributed by atoms with Crippen LogP contribution in [0.1, 0.15) is 12.8 Å². The first-order valence-corrected chi connectivity index (χ1v) is 4.90. The number of primary amides is 1. The van der Waals surface area contributed by atoms with E-state index in [-0.39, 0.29) is 5.91 Å². The Bertz CT molecular complexity index is 356. The maximum Gasteiger partial charge on any atom is 0.217 e. The predicted molar refractivity (Wildman–Crippen MR) is 60.6 cm³/mol. The summed E-state index contributed by atoms with van der Waals surface area (Å²) in [5, 5.41) is 3.46. The second kappa shape index (κ2) is 5.41. The summed E-state index contributed by atoms with van der Waals surface area (Å²) in [5.41, 5.74) is 11.0. The lowest BCUT2D eigenvalue weighted by atomic mass is 10.3. The minimum Gasteiger partial charge on any atom is -0.397 e. The van der Waals surface area contributed by atoms with Crippen LogP contribution in [0.15, 0.2) is 12.3 Å². The summed E-state index contributed by atoms with van der Waals surface area (Å²) in [6.45, 7) is 0.597. The summed E-state index contributed by atoms with van der Waals surface area (Å²) < 4.78 is 0. The van der Waals surface area contributed by atoms with E-state index < -0.39 is 0 Å². The molecule has 0 aromatic carbocycles. The number of pyridine rings is 1. The van der Waals surface area contributed by atoms with E-state index >= 15 is 0 Å². The van der Waals surface area contributed by atoms with Crippen LogP contribution >= 0.6 is 11.6 Å². The van der Waals surface area contributed by atoms with Crippen molar-refractivity contribution in [3.8, 4) is 0 Å². The van der Waals surface area contributed by atoms with Gasteiger partial charge in [-0.05, 0) is 12.5 Å². The lowest BCUT2D eigenvalue weighted by Crippen LogP contribution is -2.13. The van der Waals surface area contributed by atoms with Gasteiger partial charge in [0, 0.05) is 13.0 Å². The molecule has 1 aromatic heterocycles. The van der Waals surface area contributed by atoms with Crippen LogP contribution in [0, 0.1) is 0 Å². The Morgan fingerprint density at radius 2 is 2.33 bits per heavy atom. The number of amides is 1. The van der Waals surface area contributed by atoms with Crippen LogP contribution in [-0.2, 0) is 4.79 Å². The Morgan fingerprint density at radius 3 is 2.93 bits per heavy atom. The van der Waals surface area contributed by atoms with Gasteiger partial charge in [0.15, 0.2) is 0 Å². The van der Waals surface area contributed by atoms with Crippen molar-refractivity contribution in [1.82, 2.24) is 4.98 Å². The van der Waals surface area contributed by atoms with Gasteiger partial charge in [-0.1, -0.05) is 11.6 Å². The van der Waals surface area contributed by atoms with E-state index in [0.717, 1.165) is 0 Å². The molecule has 1 rings (SSSR count). The van der Waals surface area contributed by atoms with Gasteiger partial charge in [0.25, 0.3) is 0 Å². The summed E-state index contributed by atoms with van der Waals surface area (Å²) in [7, 11) is 0. The van der Waals surface area contributed by atoms with Crippen LogP contribution in [0.2, 0.25) is 5.02 Å². The van der Waals surface area contributed by atoms with Gasteiger partial charge in [0.1, 0.15) is 5.82 Å². The monoisotopic (exact) mass is 228 g/mol. The largest absolute Gasteiger partial charge is 0.397 e. The van der Waals surface area contributed by atoms with Crippen molar-refractivity contribution >= 4 is 29.0 Å². The molecule has 5 N–H and O–H groups in total. The molecule has 82 valence electrons. The first-order valence-electron chi connectivity index (χ1n) is 4.53. The van der Waals surface area contributed by atoms with Gasteiger partial charge in [0.2, 0.25) is 5.91 Å². The highest BCUT2D eigenvalue weighted by Gasteiger charge is 2.01.